The smallest absolute Gasteiger partial charge is 0.286 e. The van der Waals surface area contributed by atoms with Crippen LogP contribution < -0.4 is 11.1 Å². The largest absolute Gasteiger partial charge is 0.502 e. The summed E-state index contributed by atoms with van der Waals surface area (Å²) in [5, 5.41) is 13.9. The average Bonchev–Trinajstić information content (AvgIpc) is 4.16. The van der Waals surface area contributed by atoms with Gasteiger partial charge in [0.05, 0.1) is 41.8 Å². The second kappa shape index (κ2) is 26.0. The quantitative estimate of drug-likeness (QED) is 0.0930. The van der Waals surface area contributed by atoms with Gasteiger partial charge in [-0.2, -0.15) is 0 Å². The molecule has 0 spiro atoms. The van der Waals surface area contributed by atoms with Crippen LogP contribution in [0.15, 0.2) is 147 Å². The number of rotatable bonds is 7. The monoisotopic (exact) mass is 817 g/mol. The number of benzene rings is 2. The van der Waals surface area contributed by atoms with Crippen LogP contribution in [-0.4, -0.2) is 42.7 Å². The van der Waals surface area contributed by atoms with E-state index >= 15 is 0 Å². The zero-order valence-corrected chi connectivity index (χ0v) is 35.6. The molecule has 3 atom stereocenters. The van der Waals surface area contributed by atoms with Gasteiger partial charge in [-0.15, -0.1) is 0 Å². The molecule has 4 aromatic heterocycles. The number of nitro groups is 1. The van der Waals surface area contributed by atoms with Crippen molar-refractivity contribution in [2.24, 2.45) is 5.92 Å². The molecule has 320 valence electrons. The van der Waals surface area contributed by atoms with E-state index in [9.17, 15) is 14.9 Å². The molecule has 9 rings (SSSR count). The predicted molar refractivity (Wildman–Crippen MR) is 242 cm³/mol. The predicted octanol–water partition coefficient (Wildman–Crippen LogP) is 11.0. The van der Waals surface area contributed by atoms with Crippen molar-refractivity contribution in [2.45, 2.75) is 91.7 Å². The summed E-state index contributed by atoms with van der Waals surface area (Å²) in [4.78, 5) is 19.7. The normalized spacial score (nSPS) is 16.8. The Kier molecular flexibility index (Phi) is 20.1. The number of ether oxygens (including phenoxy) is 2. The van der Waals surface area contributed by atoms with Crippen LogP contribution in [0.25, 0.3) is 0 Å². The number of aromatic nitrogens is 4. The maximum Gasteiger partial charge on any atom is 0.286 e. The number of nitrogens with zero attached hydrogens (tertiary/aromatic N) is 5. The second-order valence-electron chi connectivity index (χ2n) is 14.2. The minimum Gasteiger partial charge on any atom is -0.502 e. The highest BCUT2D eigenvalue weighted by Crippen LogP contribution is 2.49. The molecule has 1 fully saturated rings. The average molecular weight is 818 g/mol. The number of nitrogens with two attached hydrogens (primary N) is 1. The Morgan fingerprint density at radius 1 is 0.750 bits per heavy atom. The minimum atomic E-state index is -0.397. The van der Waals surface area contributed by atoms with E-state index in [0.29, 0.717) is 12.0 Å². The number of carbonyl (C=O) groups excluding carboxylic acids is 1. The number of nitrogens with one attached hydrogen (secondary N) is 1. The van der Waals surface area contributed by atoms with Gasteiger partial charge >= 0.3 is 0 Å². The van der Waals surface area contributed by atoms with Crippen molar-refractivity contribution in [3.8, 4) is 0 Å². The standard InChI is InChI=1S/C18H22N2O.C7H6O.C6H8N2O2.C6H10N2.C6H9N.C5H8O/c1-2-20-11-15-16(12-20)19-17(13-7-4-3-5-8-13)14-9-6-10-21-18(14)15;8-6-7-4-2-1-3-5-7;1-2-7-4-3-6(5-7)8(9)10;1-2-8-4-3-6(7)5-8;1-2-7-5-3-4-6-7;1-2-4-6-5-3-1/h3-5,7-8,11-12,14,17-19H,2,6,9-10H2,1H3;1-6H;3-5H,2H2,1H3;3-5H,2,7H2,1H3;3-6H,2H2,1H3;2,4H,1,3,5H2. The zero-order chi connectivity index (χ0) is 43.0. The van der Waals surface area contributed by atoms with E-state index in [1.165, 1.54) is 48.3 Å². The van der Waals surface area contributed by atoms with E-state index in [0.717, 1.165) is 63.4 Å². The van der Waals surface area contributed by atoms with Crippen LogP contribution >= 0.6 is 0 Å². The van der Waals surface area contributed by atoms with E-state index in [2.05, 4.69) is 90.3 Å². The fourth-order valence-electron chi connectivity index (χ4n) is 6.78. The summed E-state index contributed by atoms with van der Waals surface area (Å²) in [6.45, 7) is 14.0. The summed E-state index contributed by atoms with van der Waals surface area (Å²) in [5.74, 6) is 0.529. The first-order valence-corrected chi connectivity index (χ1v) is 21.0. The third kappa shape index (κ3) is 15.2. The van der Waals surface area contributed by atoms with Gasteiger partial charge in [-0.25, -0.2) is 0 Å². The third-order valence-corrected chi connectivity index (χ3v) is 10.1. The van der Waals surface area contributed by atoms with E-state index < -0.39 is 4.92 Å². The molecule has 0 amide bonds. The molecule has 3 unspecified atom stereocenters. The van der Waals surface area contributed by atoms with Crippen molar-refractivity contribution in [2.75, 3.05) is 24.3 Å². The fourth-order valence-corrected chi connectivity index (χ4v) is 6.78. The Morgan fingerprint density at radius 3 is 1.85 bits per heavy atom. The highest BCUT2D eigenvalue weighted by molar-refractivity contribution is 5.74. The zero-order valence-electron chi connectivity index (χ0n) is 35.6. The number of aldehydes is 1. The number of fused-ring (bicyclic) bond motifs is 3. The second-order valence-corrected chi connectivity index (χ2v) is 14.2. The molecule has 1 saturated heterocycles. The van der Waals surface area contributed by atoms with Gasteiger partial charge in [-0.3, -0.25) is 14.9 Å². The summed E-state index contributed by atoms with van der Waals surface area (Å²) in [6, 6.07) is 27.7. The summed E-state index contributed by atoms with van der Waals surface area (Å²) in [5.41, 5.74) is 11.1. The molecule has 0 radical (unpaired) electrons. The van der Waals surface area contributed by atoms with Gasteiger partial charge in [-0.1, -0.05) is 60.7 Å². The Bertz CT molecular complexity index is 2080. The summed E-state index contributed by atoms with van der Waals surface area (Å²) in [7, 11) is 0. The molecule has 12 heteroatoms. The van der Waals surface area contributed by atoms with Gasteiger partial charge in [0.25, 0.3) is 5.69 Å². The molecule has 0 aliphatic carbocycles. The molecular weight excluding hydrogens is 755 g/mol. The Hall–Kier alpha value is -6.27. The van der Waals surface area contributed by atoms with Crippen LogP contribution in [0.2, 0.25) is 0 Å². The van der Waals surface area contributed by atoms with Crippen molar-refractivity contribution in [1.82, 2.24) is 18.3 Å². The molecular formula is C48H63N7O5. The van der Waals surface area contributed by atoms with Gasteiger partial charge in [0, 0.05) is 105 Å². The molecule has 7 heterocycles. The highest BCUT2D eigenvalue weighted by atomic mass is 16.6. The van der Waals surface area contributed by atoms with Crippen molar-refractivity contribution in [3.63, 3.8) is 0 Å². The summed E-state index contributed by atoms with van der Waals surface area (Å²) >= 11 is 0. The maximum atomic E-state index is 10.1. The lowest BCUT2D eigenvalue weighted by Crippen LogP contribution is -2.35. The molecule has 0 bridgehead atoms. The van der Waals surface area contributed by atoms with Gasteiger partial charge in [0.15, 0.2) is 0 Å². The first-order valence-electron chi connectivity index (χ1n) is 21.0. The van der Waals surface area contributed by atoms with E-state index in [1.807, 2.05) is 66.4 Å². The van der Waals surface area contributed by atoms with Gasteiger partial charge in [0.2, 0.25) is 0 Å². The van der Waals surface area contributed by atoms with Crippen molar-refractivity contribution < 1.29 is 19.2 Å². The molecule has 12 nitrogen and oxygen atoms in total. The maximum absolute atomic E-state index is 10.1. The van der Waals surface area contributed by atoms with E-state index in [1.54, 1.807) is 29.2 Å². The molecule has 3 aliphatic rings. The van der Waals surface area contributed by atoms with E-state index in [-0.39, 0.29) is 11.8 Å². The number of nitrogen functional groups attached to an aromatic ring is 1. The van der Waals surface area contributed by atoms with E-state index in [4.69, 9.17) is 15.2 Å². The van der Waals surface area contributed by atoms with Gasteiger partial charge < -0.3 is 38.8 Å². The minimum absolute atomic E-state index is 0.154. The number of anilines is 2. The van der Waals surface area contributed by atoms with Crippen molar-refractivity contribution in [1.29, 1.82) is 0 Å². The Balaban J connectivity index is 0.000000172. The van der Waals surface area contributed by atoms with Crippen LogP contribution in [0.4, 0.5) is 17.1 Å². The number of hydrogen-bond donors (Lipinski definition) is 2. The van der Waals surface area contributed by atoms with Crippen LogP contribution in [0.1, 0.15) is 87.0 Å². The van der Waals surface area contributed by atoms with Gasteiger partial charge in [-0.05, 0) is 83.2 Å². The van der Waals surface area contributed by atoms with Crippen molar-refractivity contribution in [3.05, 3.63) is 174 Å². The molecule has 3 N–H and O–H groups in total. The summed E-state index contributed by atoms with van der Waals surface area (Å²) < 4.78 is 19.2. The van der Waals surface area contributed by atoms with Crippen LogP contribution in [0.5, 0.6) is 0 Å². The number of aryl methyl sites for hydroxylation is 4. The van der Waals surface area contributed by atoms with Gasteiger partial charge in [0.1, 0.15) is 6.29 Å². The highest BCUT2D eigenvalue weighted by Gasteiger charge is 2.40. The lowest BCUT2D eigenvalue weighted by Gasteiger charge is -2.42. The Morgan fingerprint density at radius 2 is 1.40 bits per heavy atom. The summed E-state index contributed by atoms with van der Waals surface area (Å²) in [6.07, 6.45) is 25.3. The SMILES string of the molecule is C1=COCCC1.CCn1cc2c(c1)C1OCCCC1C(c1ccccc1)N2.CCn1ccc(N)c1.CCn1ccc([N+](=O)[O-])c1.CCn1cccc1.O=Cc1ccccc1. The number of hydrogen-bond acceptors (Lipinski definition) is 7. The molecule has 2 aromatic carbocycles. The molecule has 60 heavy (non-hydrogen) atoms. The fraction of sp³-hybridized carbons (Fsp3) is 0.354. The van der Waals surface area contributed by atoms with Crippen LogP contribution in [0.3, 0.4) is 0 Å². The topological polar surface area (TPSA) is 136 Å². The molecule has 6 aromatic rings. The first kappa shape index (κ1) is 46.4. The molecule has 0 saturated carbocycles. The Labute approximate surface area is 355 Å². The lowest BCUT2D eigenvalue weighted by molar-refractivity contribution is -0.384. The van der Waals surface area contributed by atoms with Crippen LogP contribution in [0, 0.1) is 16.0 Å². The first-order chi connectivity index (χ1) is 29.3. The third-order valence-electron chi connectivity index (χ3n) is 10.1. The lowest BCUT2D eigenvalue weighted by atomic mass is 9.78. The number of allylic oxidation sites excluding steroid dienone is 1. The van der Waals surface area contributed by atoms with Crippen molar-refractivity contribution >= 4 is 23.3 Å². The van der Waals surface area contributed by atoms with Crippen LogP contribution in [-0.2, 0) is 35.7 Å². The molecule has 3 aliphatic heterocycles. The number of carbonyl (C=O) groups is 1.